The number of anilines is 1. The number of para-hydroxylation sites is 1. The molecule has 2 unspecified atom stereocenters. The Balaban J connectivity index is 1.48. The number of amides is 2. The molecule has 1 aromatic carbocycles. The van der Waals surface area contributed by atoms with E-state index in [-0.39, 0.29) is 23.8 Å². The minimum atomic E-state index is -0.120. The van der Waals surface area contributed by atoms with E-state index in [1.54, 1.807) is 11.8 Å². The summed E-state index contributed by atoms with van der Waals surface area (Å²) >= 11 is 1.80. The van der Waals surface area contributed by atoms with Crippen LogP contribution in [0.25, 0.3) is 0 Å². The molecule has 6 heteroatoms. The molecule has 0 aliphatic carbocycles. The number of rotatable bonds is 4. The van der Waals surface area contributed by atoms with Gasteiger partial charge in [-0.05, 0) is 37.4 Å². The van der Waals surface area contributed by atoms with Crippen molar-refractivity contribution in [2.45, 2.75) is 25.8 Å². The zero-order chi connectivity index (χ0) is 16.2. The number of thioether (sulfide) groups is 1. The average molecular weight is 333 g/mol. The Morgan fingerprint density at radius 3 is 2.96 bits per heavy atom. The fourth-order valence-electron chi connectivity index (χ4n) is 3.14. The zero-order valence-corrected chi connectivity index (χ0v) is 14.2. The highest BCUT2D eigenvalue weighted by atomic mass is 32.2. The minimum absolute atomic E-state index is 0.0240. The molecule has 0 bridgehead atoms. The van der Waals surface area contributed by atoms with Crippen LogP contribution in [-0.4, -0.2) is 47.5 Å². The van der Waals surface area contributed by atoms with E-state index in [4.69, 9.17) is 0 Å². The van der Waals surface area contributed by atoms with Crippen molar-refractivity contribution in [3.05, 3.63) is 29.8 Å². The summed E-state index contributed by atoms with van der Waals surface area (Å²) in [6.07, 6.45) is 1.21. The van der Waals surface area contributed by atoms with Crippen molar-refractivity contribution in [2.24, 2.45) is 5.92 Å². The van der Waals surface area contributed by atoms with Gasteiger partial charge in [0, 0.05) is 24.4 Å². The fraction of sp³-hybridized carbons (Fsp3) is 0.529. The summed E-state index contributed by atoms with van der Waals surface area (Å²) in [5, 5.41) is 6.25. The van der Waals surface area contributed by atoms with Crippen molar-refractivity contribution < 1.29 is 9.59 Å². The van der Waals surface area contributed by atoms with Crippen LogP contribution in [0.5, 0.6) is 0 Å². The Morgan fingerprint density at radius 2 is 2.22 bits per heavy atom. The molecule has 2 fully saturated rings. The van der Waals surface area contributed by atoms with Crippen LogP contribution < -0.4 is 10.6 Å². The molecular formula is C17H23N3O2S. The summed E-state index contributed by atoms with van der Waals surface area (Å²) < 4.78 is 0. The third-order valence-electron chi connectivity index (χ3n) is 4.48. The van der Waals surface area contributed by atoms with Gasteiger partial charge >= 0.3 is 0 Å². The van der Waals surface area contributed by atoms with E-state index in [9.17, 15) is 9.59 Å². The zero-order valence-electron chi connectivity index (χ0n) is 13.4. The molecule has 0 radical (unpaired) electrons. The minimum Gasteiger partial charge on any atom is -0.331 e. The molecule has 5 nitrogen and oxygen atoms in total. The van der Waals surface area contributed by atoms with E-state index in [1.807, 2.05) is 36.1 Å². The topological polar surface area (TPSA) is 61.4 Å². The van der Waals surface area contributed by atoms with Crippen LogP contribution in [0.3, 0.4) is 0 Å². The van der Waals surface area contributed by atoms with Gasteiger partial charge in [0.2, 0.25) is 11.8 Å². The molecule has 2 aliphatic rings. The van der Waals surface area contributed by atoms with Crippen molar-refractivity contribution in [1.29, 1.82) is 0 Å². The van der Waals surface area contributed by atoms with Crippen molar-refractivity contribution in [3.8, 4) is 0 Å². The number of carbonyl (C=O) groups excluding carboxylic acids is 2. The molecule has 2 heterocycles. The Labute approximate surface area is 141 Å². The van der Waals surface area contributed by atoms with E-state index in [2.05, 4.69) is 10.6 Å². The lowest BCUT2D eigenvalue weighted by Crippen LogP contribution is -2.42. The normalized spacial score (nSPS) is 24.0. The monoisotopic (exact) mass is 333 g/mol. The van der Waals surface area contributed by atoms with Crippen LogP contribution in [0, 0.1) is 12.8 Å². The highest BCUT2D eigenvalue weighted by Crippen LogP contribution is 2.23. The average Bonchev–Trinajstić information content (AvgIpc) is 3.20. The molecule has 0 saturated carbocycles. The van der Waals surface area contributed by atoms with Crippen molar-refractivity contribution in [1.82, 2.24) is 10.2 Å². The molecule has 2 amide bonds. The van der Waals surface area contributed by atoms with Gasteiger partial charge in [0.25, 0.3) is 0 Å². The summed E-state index contributed by atoms with van der Waals surface area (Å²) in [5.41, 5.74) is 1.93. The Bertz CT molecular complexity index is 587. The summed E-state index contributed by atoms with van der Waals surface area (Å²) in [6, 6.07) is 7.65. The van der Waals surface area contributed by atoms with Gasteiger partial charge in [-0.15, -0.1) is 11.8 Å². The predicted octanol–water partition coefficient (Wildman–Crippen LogP) is 1.83. The Kier molecular flexibility index (Phi) is 5.23. The second-order valence-electron chi connectivity index (χ2n) is 6.27. The molecule has 2 saturated heterocycles. The molecule has 2 atom stereocenters. The Hall–Kier alpha value is -1.53. The van der Waals surface area contributed by atoms with E-state index in [1.165, 1.54) is 0 Å². The van der Waals surface area contributed by atoms with Gasteiger partial charge in [-0.2, -0.15) is 0 Å². The number of aryl methyl sites for hydroxylation is 1. The maximum absolute atomic E-state index is 12.4. The third kappa shape index (κ3) is 4.06. The van der Waals surface area contributed by atoms with Gasteiger partial charge < -0.3 is 15.5 Å². The Morgan fingerprint density at radius 1 is 1.39 bits per heavy atom. The first-order valence-corrected chi connectivity index (χ1v) is 9.24. The van der Waals surface area contributed by atoms with E-state index in [0.717, 1.165) is 42.4 Å². The SMILES string of the molecule is Cc1ccccc1NC(=O)CC1CNC(C(=O)N2CCSC2)C1. The largest absolute Gasteiger partial charge is 0.331 e. The second-order valence-corrected chi connectivity index (χ2v) is 7.34. The second kappa shape index (κ2) is 7.36. The number of hydrogen-bond acceptors (Lipinski definition) is 4. The smallest absolute Gasteiger partial charge is 0.240 e. The highest BCUT2D eigenvalue weighted by Gasteiger charge is 2.34. The van der Waals surface area contributed by atoms with Gasteiger partial charge in [-0.3, -0.25) is 9.59 Å². The standard InChI is InChI=1S/C17H23N3O2S/c1-12-4-2-3-5-14(12)19-16(21)9-13-8-15(18-10-13)17(22)20-6-7-23-11-20/h2-5,13,15,18H,6-11H2,1H3,(H,19,21). The van der Waals surface area contributed by atoms with Gasteiger partial charge in [0.05, 0.1) is 11.9 Å². The maximum atomic E-state index is 12.4. The molecule has 124 valence electrons. The maximum Gasteiger partial charge on any atom is 0.240 e. The third-order valence-corrected chi connectivity index (χ3v) is 5.44. The van der Waals surface area contributed by atoms with E-state index in [0.29, 0.717) is 6.42 Å². The number of hydrogen-bond donors (Lipinski definition) is 2. The quantitative estimate of drug-likeness (QED) is 0.882. The van der Waals surface area contributed by atoms with Crippen LogP contribution in [0.2, 0.25) is 0 Å². The molecular weight excluding hydrogens is 310 g/mol. The predicted molar refractivity (Wildman–Crippen MR) is 93.4 cm³/mol. The summed E-state index contributed by atoms with van der Waals surface area (Å²) in [7, 11) is 0. The lowest BCUT2D eigenvalue weighted by Gasteiger charge is -2.19. The first-order valence-electron chi connectivity index (χ1n) is 8.09. The number of nitrogens with zero attached hydrogens (tertiary/aromatic N) is 1. The van der Waals surface area contributed by atoms with Crippen molar-refractivity contribution in [3.63, 3.8) is 0 Å². The molecule has 2 aliphatic heterocycles. The van der Waals surface area contributed by atoms with Crippen LogP contribution in [0.15, 0.2) is 24.3 Å². The molecule has 3 rings (SSSR count). The van der Waals surface area contributed by atoms with Crippen molar-refractivity contribution in [2.75, 3.05) is 30.0 Å². The summed E-state index contributed by atoms with van der Waals surface area (Å²) in [4.78, 5) is 26.5. The molecule has 1 aromatic rings. The highest BCUT2D eigenvalue weighted by molar-refractivity contribution is 7.99. The van der Waals surface area contributed by atoms with Gasteiger partial charge in [0.15, 0.2) is 0 Å². The van der Waals surface area contributed by atoms with Crippen LogP contribution in [0.1, 0.15) is 18.4 Å². The molecule has 23 heavy (non-hydrogen) atoms. The summed E-state index contributed by atoms with van der Waals surface area (Å²) in [6.45, 7) is 3.56. The lowest BCUT2D eigenvalue weighted by atomic mass is 10.0. The van der Waals surface area contributed by atoms with E-state index >= 15 is 0 Å². The van der Waals surface area contributed by atoms with Crippen LogP contribution in [-0.2, 0) is 9.59 Å². The van der Waals surface area contributed by atoms with E-state index < -0.39 is 0 Å². The molecule has 0 spiro atoms. The lowest BCUT2D eigenvalue weighted by molar-refractivity contribution is -0.131. The first-order chi connectivity index (χ1) is 11.1. The number of benzene rings is 1. The summed E-state index contributed by atoms with van der Waals surface area (Å²) in [5.74, 6) is 2.27. The van der Waals surface area contributed by atoms with Crippen molar-refractivity contribution >= 4 is 29.3 Å². The fourth-order valence-corrected chi connectivity index (χ4v) is 4.09. The molecule has 2 N–H and O–H groups in total. The number of nitrogens with one attached hydrogen (secondary N) is 2. The first kappa shape index (κ1) is 16.3. The van der Waals surface area contributed by atoms with Gasteiger partial charge in [-0.1, -0.05) is 18.2 Å². The van der Waals surface area contributed by atoms with Gasteiger partial charge in [0.1, 0.15) is 0 Å². The molecule has 0 aromatic heterocycles. The van der Waals surface area contributed by atoms with Crippen LogP contribution >= 0.6 is 11.8 Å². The van der Waals surface area contributed by atoms with Crippen LogP contribution in [0.4, 0.5) is 5.69 Å². The van der Waals surface area contributed by atoms with Gasteiger partial charge in [-0.25, -0.2) is 0 Å². The number of carbonyl (C=O) groups is 2.